The molecule has 0 aromatic heterocycles. The van der Waals surface area contributed by atoms with Crippen LogP contribution in [0.15, 0.2) is 36.4 Å². The molecule has 1 aliphatic heterocycles. The summed E-state index contributed by atoms with van der Waals surface area (Å²) < 4.78 is 0. The second-order valence-corrected chi connectivity index (χ2v) is 7.94. The fourth-order valence-electron chi connectivity index (χ4n) is 3.50. The van der Waals surface area contributed by atoms with E-state index < -0.39 is 12.0 Å². The minimum Gasteiger partial charge on any atom is -0.356 e. The summed E-state index contributed by atoms with van der Waals surface area (Å²) in [5.74, 6) is -1.02. The molecule has 0 saturated carbocycles. The minimum atomic E-state index is -0.735. The Kier molecular flexibility index (Phi) is 8.60. The van der Waals surface area contributed by atoms with Gasteiger partial charge in [-0.25, -0.2) is 0 Å². The van der Waals surface area contributed by atoms with Crippen molar-refractivity contribution in [2.45, 2.75) is 45.6 Å². The third-order valence-electron chi connectivity index (χ3n) is 4.99. The lowest BCUT2D eigenvalue weighted by molar-refractivity contribution is -0.129. The molecule has 1 aromatic carbocycles. The van der Waals surface area contributed by atoms with E-state index in [2.05, 4.69) is 16.7 Å². The first-order valence-electron chi connectivity index (χ1n) is 10.1. The Balaban J connectivity index is 1.97. The molecule has 2 N–H and O–H groups in total. The van der Waals surface area contributed by atoms with Gasteiger partial charge in [-0.1, -0.05) is 50.3 Å². The highest BCUT2D eigenvalue weighted by molar-refractivity contribution is 5.96. The van der Waals surface area contributed by atoms with Crippen molar-refractivity contribution in [1.82, 2.24) is 10.6 Å². The van der Waals surface area contributed by atoms with Crippen molar-refractivity contribution in [1.29, 1.82) is 5.26 Å². The molecule has 29 heavy (non-hydrogen) atoms. The van der Waals surface area contributed by atoms with Gasteiger partial charge in [-0.2, -0.15) is 5.26 Å². The number of amides is 2. The number of allylic oxidation sites excluding steroid dienone is 1. The highest BCUT2D eigenvalue weighted by atomic mass is 16.2. The number of benzene rings is 1. The van der Waals surface area contributed by atoms with Gasteiger partial charge in [0.1, 0.15) is 6.04 Å². The molecule has 0 bridgehead atoms. The van der Waals surface area contributed by atoms with E-state index >= 15 is 0 Å². The van der Waals surface area contributed by atoms with Crippen LogP contribution >= 0.6 is 0 Å². The molecule has 0 spiro atoms. The third kappa shape index (κ3) is 7.53. The van der Waals surface area contributed by atoms with Crippen LogP contribution in [0.5, 0.6) is 0 Å². The van der Waals surface area contributed by atoms with Gasteiger partial charge in [0.05, 0.1) is 6.07 Å². The quantitative estimate of drug-likeness (QED) is 0.595. The number of rotatable bonds is 10. The number of nitrogens with one attached hydrogen (secondary N) is 2. The number of hydrogen-bond donors (Lipinski definition) is 2. The van der Waals surface area contributed by atoms with E-state index in [9.17, 15) is 19.6 Å². The van der Waals surface area contributed by atoms with E-state index in [1.165, 1.54) is 6.08 Å². The van der Waals surface area contributed by atoms with Gasteiger partial charge >= 0.3 is 0 Å². The predicted octanol–water partition coefficient (Wildman–Crippen LogP) is 2.86. The summed E-state index contributed by atoms with van der Waals surface area (Å²) in [5.41, 5.74) is 0.921. The maximum Gasteiger partial charge on any atom is 0.224 e. The molecule has 154 valence electrons. The molecule has 1 fully saturated rings. The van der Waals surface area contributed by atoms with E-state index in [0.29, 0.717) is 25.8 Å². The van der Waals surface area contributed by atoms with E-state index in [1.54, 1.807) is 6.08 Å². The fraction of sp³-hybridized carbons (Fsp3) is 0.478. The Bertz CT molecular complexity index is 780. The first kappa shape index (κ1) is 22.4. The van der Waals surface area contributed by atoms with Crippen molar-refractivity contribution in [2.24, 2.45) is 17.8 Å². The molecule has 0 radical (unpaired) electrons. The van der Waals surface area contributed by atoms with E-state index in [1.807, 2.05) is 44.2 Å². The lowest BCUT2D eigenvalue weighted by atomic mass is 9.90. The number of carbonyl (C=O) groups is 3. The molecule has 1 aliphatic rings. The Labute approximate surface area is 172 Å². The number of ketones is 1. The van der Waals surface area contributed by atoms with Crippen LogP contribution < -0.4 is 10.6 Å². The average molecular weight is 396 g/mol. The summed E-state index contributed by atoms with van der Waals surface area (Å²) in [6, 6.07) is 10.8. The predicted molar refractivity (Wildman–Crippen MR) is 111 cm³/mol. The normalized spacial score (nSPS) is 18.3. The molecular formula is C23H29N3O3. The first-order valence-corrected chi connectivity index (χ1v) is 10.1. The Hall–Kier alpha value is -2.94. The molecule has 1 aromatic rings. The number of carbonyl (C=O) groups excluding carboxylic acids is 3. The molecular weight excluding hydrogens is 366 g/mol. The van der Waals surface area contributed by atoms with Crippen LogP contribution in [0.4, 0.5) is 0 Å². The highest BCUT2D eigenvalue weighted by Crippen LogP contribution is 2.19. The van der Waals surface area contributed by atoms with Crippen molar-refractivity contribution < 1.29 is 14.4 Å². The van der Waals surface area contributed by atoms with Crippen LogP contribution in [-0.4, -0.2) is 30.2 Å². The van der Waals surface area contributed by atoms with Gasteiger partial charge in [-0.05, 0) is 36.8 Å². The smallest absolute Gasteiger partial charge is 0.224 e. The average Bonchev–Trinajstić information content (AvgIpc) is 3.10. The van der Waals surface area contributed by atoms with Crippen molar-refractivity contribution in [3.8, 4) is 6.07 Å². The van der Waals surface area contributed by atoms with Crippen LogP contribution in [-0.2, 0) is 14.4 Å². The van der Waals surface area contributed by atoms with Crippen LogP contribution in [0, 0.1) is 29.1 Å². The molecule has 3 atom stereocenters. The van der Waals surface area contributed by atoms with Crippen LogP contribution in [0.1, 0.15) is 45.1 Å². The van der Waals surface area contributed by atoms with E-state index in [-0.39, 0.29) is 35.9 Å². The molecule has 6 nitrogen and oxygen atoms in total. The number of hydrogen-bond acceptors (Lipinski definition) is 4. The van der Waals surface area contributed by atoms with Crippen LogP contribution in [0.3, 0.4) is 0 Å². The van der Waals surface area contributed by atoms with Gasteiger partial charge in [0, 0.05) is 24.8 Å². The summed E-state index contributed by atoms with van der Waals surface area (Å²) in [7, 11) is 0. The van der Waals surface area contributed by atoms with Gasteiger partial charge in [0.15, 0.2) is 5.78 Å². The number of nitriles is 1. The SMILES string of the molecule is CC(C)CC(CC(=O)/C=C/c1ccccc1)C(=O)NC(C#N)CC1CCNC1=O. The van der Waals surface area contributed by atoms with E-state index in [0.717, 1.165) is 5.56 Å². The zero-order valence-electron chi connectivity index (χ0n) is 17.1. The van der Waals surface area contributed by atoms with Gasteiger partial charge in [-0.15, -0.1) is 0 Å². The van der Waals surface area contributed by atoms with Crippen molar-refractivity contribution >= 4 is 23.7 Å². The maximum atomic E-state index is 12.8. The van der Waals surface area contributed by atoms with Gasteiger partial charge in [0.25, 0.3) is 0 Å². The Morgan fingerprint density at radius 1 is 1.31 bits per heavy atom. The first-order chi connectivity index (χ1) is 13.9. The summed E-state index contributed by atoms with van der Waals surface area (Å²) in [5, 5.41) is 14.9. The highest BCUT2D eigenvalue weighted by Gasteiger charge is 2.30. The molecule has 3 unspecified atom stereocenters. The topological polar surface area (TPSA) is 99.1 Å². The molecule has 2 rings (SSSR count). The molecule has 2 amide bonds. The van der Waals surface area contributed by atoms with Crippen LogP contribution in [0.2, 0.25) is 0 Å². The third-order valence-corrected chi connectivity index (χ3v) is 4.99. The van der Waals surface area contributed by atoms with Gasteiger partial charge < -0.3 is 10.6 Å². The summed E-state index contributed by atoms with van der Waals surface area (Å²) in [6.07, 6.45) is 4.85. The van der Waals surface area contributed by atoms with Gasteiger partial charge in [-0.3, -0.25) is 14.4 Å². The number of nitrogens with zero attached hydrogens (tertiary/aromatic N) is 1. The maximum absolute atomic E-state index is 12.8. The minimum absolute atomic E-state index is 0.0699. The molecule has 6 heteroatoms. The largest absolute Gasteiger partial charge is 0.356 e. The monoisotopic (exact) mass is 395 g/mol. The van der Waals surface area contributed by atoms with Crippen molar-refractivity contribution in [2.75, 3.05) is 6.54 Å². The Morgan fingerprint density at radius 3 is 2.62 bits per heavy atom. The summed E-state index contributed by atoms with van der Waals surface area (Å²) in [4.78, 5) is 36.9. The zero-order valence-corrected chi connectivity index (χ0v) is 17.1. The molecule has 1 heterocycles. The lowest BCUT2D eigenvalue weighted by Gasteiger charge is -2.21. The standard InChI is InChI=1S/C23H29N3O3/c1-16(2)12-19(14-21(27)9-8-17-6-4-3-5-7-17)23(29)26-20(15-24)13-18-10-11-25-22(18)28/h3-9,16,18-20H,10-14H2,1-2H3,(H,25,28)(H,26,29)/b9-8+. The lowest BCUT2D eigenvalue weighted by Crippen LogP contribution is -2.41. The molecule has 1 saturated heterocycles. The van der Waals surface area contributed by atoms with Crippen molar-refractivity contribution in [3.63, 3.8) is 0 Å². The van der Waals surface area contributed by atoms with Gasteiger partial charge in [0.2, 0.25) is 11.8 Å². The van der Waals surface area contributed by atoms with E-state index in [4.69, 9.17) is 0 Å². The molecule has 0 aliphatic carbocycles. The Morgan fingerprint density at radius 2 is 2.03 bits per heavy atom. The zero-order chi connectivity index (χ0) is 21.2. The fourth-order valence-corrected chi connectivity index (χ4v) is 3.50. The summed E-state index contributed by atoms with van der Waals surface area (Å²) in [6.45, 7) is 4.60. The van der Waals surface area contributed by atoms with Crippen molar-refractivity contribution in [3.05, 3.63) is 42.0 Å². The van der Waals surface area contributed by atoms with Crippen LogP contribution in [0.25, 0.3) is 6.08 Å². The second-order valence-electron chi connectivity index (χ2n) is 7.94. The summed E-state index contributed by atoms with van der Waals surface area (Å²) >= 11 is 0. The second kappa shape index (κ2) is 11.2.